The van der Waals surface area contributed by atoms with Crippen molar-refractivity contribution in [1.29, 1.82) is 0 Å². The maximum Gasteiger partial charge on any atom is 0.0897 e. The molecule has 0 aliphatic carbocycles. The van der Waals surface area contributed by atoms with E-state index in [2.05, 4.69) is 61.6 Å². The molecule has 1 N–H and O–H groups in total. The highest BCUT2D eigenvalue weighted by Gasteiger charge is 2.12. The molecule has 1 atom stereocenters. The van der Waals surface area contributed by atoms with Gasteiger partial charge in [0.1, 0.15) is 0 Å². The van der Waals surface area contributed by atoms with E-state index in [-0.39, 0.29) is 0 Å². The molecule has 2 nitrogen and oxygen atoms in total. The fourth-order valence-electron chi connectivity index (χ4n) is 2.53. The summed E-state index contributed by atoms with van der Waals surface area (Å²) < 4.78 is 0. The minimum absolute atomic E-state index is 0.466. The van der Waals surface area contributed by atoms with Gasteiger partial charge in [0.2, 0.25) is 0 Å². The Morgan fingerprint density at radius 1 is 1.14 bits per heavy atom. The second-order valence-electron chi connectivity index (χ2n) is 5.84. The molecule has 0 fully saturated rings. The molecule has 0 aliphatic heterocycles. The number of nitrogens with one attached hydrogen (secondary N) is 1. The van der Waals surface area contributed by atoms with Gasteiger partial charge in [0.05, 0.1) is 10.7 Å². The average molecular weight is 302 g/mol. The second-order valence-corrected chi connectivity index (χ2v) is 6.90. The predicted octanol–water partition coefficient (Wildman–Crippen LogP) is 4.22. The van der Waals surface area contributed by atoms with Crippen molar-refractivity contribution in [2.75, 3.05) is 6.54 Å². The van der Waals surface area contributed by atoms with Crippen LogP contribution in [0, 0.1) is 20.8 Å². The third-order valence-electron chi connectivity index (χ3n) is 3.86. The van der Waals surface area contributed by atoms with Gasteiger partial charge in [-0.15, -0.1) is 11.3 Å². The minimum Gasteiger partial charge on any atom is -0.313 e. The molecule has 0 saturated heterocycles. The lowest BCUT2D eigenvalue weighted by Crippen LogP contribution is -2.34. The van der Waals surface area contributed by atoms with Crippen molar-refractivity contribution in [3.8, 4) is 0 Å². The van der Waals surface area contributed by atoms with Crippen LogP contribution in [0.5, 0.6) is 0 Å². The minimum atomic E-state index is 0.466. The quantitative estimate of drug-likeness (QED) is 0.828. The van der Waals surface area contributed by atoms with Crippen molar-refractivity contribution in [2.24, 2.45) is 0 Å². The van der Waals surface area contributed by atoms with E-state index >= 15 is 0 Å². The van der Waals surface area contributed by atoms with Crippen LogP contribution in [0.15, 0.2) is 23.6 Å². The number of thiazole rings is 1. The van der Waals surface area contributed by atoms with Gasteiger partial charge < -0.3 is 5.32 Å². The van der Waals surface area contributed by atoms with Gasteiger partial charge in [0, 0.05) is 17.8 Å². The van der Waals surface area contributed by atoms with E-state index < -0.39 is 0 Å². The third kappa shape index (κ3) is 4.94. The first kappa shape index (κ1) is 16.2. The molecule has 21 heavy (non-hydrogen) atoms. The molecule has 2 rings (SSSR count). The van der Waals surface area contributed by atoms with Crippen LogP contribution in [0.25, 0.3) is 0 Å². The maximum absolute atomic E-state index is 4.61. The monoisotopic (exact) mass is 302 g/mol. The van der Waals surface area contributed by atoms with Crippen LogP contribution in [0.1, 0.15) is 40.7 Å². The SMILES string of the molecule is CCCNC(Cc1ccc(C)c(C)c1)Cc1csc(C)n1. The zero-order valence-corrected chi connectivity index (χ0v) is 14.4. The number of aromatic nitrogens is 1. The standard InChI is InChI=1S/C18H26N2S/c1-5-8-19-17(11-18-12-21-15(4)20-18)10-16-7-6-13(2)14(3)9-16/h6-7,9,12,17,19H,5,8,10-11H2,1-4H3. The smallest absolute Gasteiger partial charge is 0.0897 e. The summed E-state index contributed by atoms with van der Waals surface area (Å²) in [4.78, 5) is 4.61. The molecule has 0 radical (unpaired) electrons. The molecule has 0 spiro atoms. The zero-order valence-electron chi connectivity index (χ0n) is 13.6. The van der Waals surface area contributed by atoms with Crippen LogP contribution < -0.4 is 5.32 Å². The summed E-state index contributed by atoms with van der Waals surface area (Å²) in [7, 11) is 0. The molecule has 1 heterocycles. The van der Waals surface area contributed by atoms with Gasteiger partial charge in [-0.1, -0.05) is 25.1 Å². The Labute approximate surface area is 132 Å². The molecular formula is C18H26N2S. The van der Waals surface area contributed by atoms with Crippen molar-refractivity contribution in [3.05, 3.63) is 51.0 Å². The van der Waals surface area contributed by atoms with E-state index in [1.54, 1.807) is 11.3 Å². The molecule has 0 aliphatic rings. The number of aryl methyl sites for hydroxylation is 3. The highest BCUT2D eigenvalue weighted by molar-refractivity contribution is 7.09. The summed E-state index contributed by atoms with van der Waals surface area (Å²) in [6, 6.07) is 7.28. The largest absolute Gasteiger partial charge is 0.313 e. The molecule has 0 bridgehead atoms. The first-order valence-corrected chi connectivity index (χ1v) is 8.67. The van der Waals surface area contributed by atoms with E-state index in [9.17, 15) is 0 Å². The lowest BCUT2D eigenvalue weighted by Gasteiger charge is -2.18. The Balaban J connectivity index is 2.06. The molecular weight excluding hydrogens is 276 g/mol. The Kier molecular flexibility index (Phi) is 5.95. The van der Waals surface area contributed by atoms with Gasteiger partial charge in [-0.2, -0.15) is 0 Å². The van der Waals surface area contributed by atoms with Gasteiger partial charge in [0.25, 0.3) is 0 Å². The highest BCUT2D eigenvalue weighted by Crippen LogP contribution is 2.15. The van der Waals surface area contributed by atoms with Gasteiger partial charge in [0.15, 0.2) is 0 Å². The Morgan fingerprint density at radius 3 is 2.57 bits per heavy atom. The summed E-state index contributed by atoms with van der Waals surface area (Å²) in [6.45, 7) is 9.72. The molecule has 1 aromatic heterocycles. The number of rotatable bonds is 7. The van der Waals surface area contributed by atoms with Crippen LogP contribution in [-0.4, -0.2) is 17.6 Å². The lowest BCUT2D eigenvalue weighted by molar-refractivity contribution is 0.501. The van der Waals surface area contributed by atoms with Gasteiger partial charge in [-0.3, -0.25) is 0 Å². The van der Waals surface area contributed by atoms with Crippen molar-refractivity contribution >= 4 is 11.3 Å². The van der Waals surface area contributed by atoms with Crippen molar-refractivity contribution < 1.29 is 0 Å². The van der Waals surface area contributed by atoms with Crippen LogP contribution >= 0.6 is 11.3 Å². The lowest BCUT2D eigenvalue weighted by atomic mass is 9.98. The van der Waals surface area contributed by atoms with E-state index in [4.69, 9.17) is 0 Å². The van der Waals surface area contributed by atoms with Crippen LogP contribution in [-0.2, 0) is 12.8 Å². The van der Waals surface area contributed by atoms with Crippen molar-refractivity contribution in [2.45, 2.75) is 53.0 Å². The van der Waals surface area contributed by atoms with Crippen LogP contribution in [0.3, 0.4) is 0 Å². The second kappa shape index (κ2) is 7.71. The van der Waals surface area contributed by atoms with Crippen molar-refractivity contribution in [3.63, 3.8) is 0 Å². The predicted molar refractivity (Wildman–Crippen MR) is 92.3 cm³/mol. The Morgan fingerprint density at radius 2 is 1.95 bits per heavy atom. The molecule has 3 heteroatoms. The zero-order chi connectivity index (χ0) is 15.2. The van der Waals surface area contributed by atoms with E-state index in [1.807, 2.05) is 0 Å². The molecule has 0 saturated carbocycles. The molecule has 1 unspecified atom stereocenters. The number of hydrogen-bond acceptors (Lipinski definition) is 3. The van der Waals surface area contributed by atoms with E-state index in [0.717, 1.165) is 24.4 Å². The molecule has 2 aromatic rings. The Hall–Kier alpha value is -1.19. The summed E-state index contributed by atoms with van der Waals surface area (Å²) >= 11 is 1.74. The maximum atomic E-state index is 4.61. The van der Waals surface area contributed by atoms with E-state index in [0.29, 0.717) is 6.04 Å². The first-order chi connectivity index (χ1) is 10.1. The van der Waals surface area contributed by atoms with Crippen LogP contribution in [0.2, 0.25) is 0 Å². The highest BCUT2D eigenvalue weighted by atomic mass is 32.1. The molecule has 114 valence electrons. The third-order valence-corrected chi connectivity index (χ3v) is 4.68. The summed E-state index contributed by atoms with van der Waals surface area (Å²) in [6.07, 6.45) is 3.24. The fraction of sp³-hybridized carbons (Fsp3) is 0.500. The van der Waals surface area contributed by atoms with Crippen molar-refractivity contribution in [1.82, 2.24) is 10.3 Å². The molecule has 0 amide bonds. The molecule has 1 aromatic carbocycles. The normalized spacial score (nSPS) is 12.6. The van der Waals surface area contributed by atoms with Gasteiger partial charge >= 0.3 is 0 Å². The number of benzene rings is 1. The average Bonchev–Trinajstić information content (AvgIpc) is 2.85. The first-order valence-electron chi connectivity index (χ1n) is 7.79. The number of nitrogens with zero attached hydrogens (tertiary/aromatic N) is 1. The summed E-state index contributed by atoms with van der Waals surface area (Å²) in [5.41, 5.74) is 5.38. The van der Waals surface area contributed by atoms with Gasteiger partial charge in [-0.25, -0.2) is 4.98 Å². The summed E-state index contributed by atoms with van der Waals surface area (Å²) in [5, 5.41) is 7.02. The topological polar surface area (TPSA) is 24.9 Å². The summed E-state index contributed by atoms with van der Waals surface area (Å²) in [5.74, 6) is 0. The van der Waals surface area contributed by atoms with Crippen LogP contribution in [0.4, 0.5) is 0 Å². The van der Waals surface area contributed by atoms with Gasteiger partial charge in [-0.05, 0) is 56.8 Å². The fourth-order valence-corrected chi connectivity index (χ4v) is 3.16. The van der Waals surface area contributed by atoms with E-state index in [1.165, 1.54) is 28.8 Å². The Bertz CT molecular complexity index is 574. The number of hydrogen-bond donors (Lipinski definition) is 1.